The monoisotopic (exact) mass is 467 g/mol. The largest absolute Gasteiger partial charge is 0.373 e. The lowest BCUT2D eigenvalue weighted by Gasteiger charge is -2.24. The van der Waals surface area contributed by atoms with Crippen LogP contribution in [-0.2, 0) is 14.6 Å². The van der Waals surface area contributed by atoms with Crippen LogP contribution in [0, 0.1) is 0 Å². The predicted molar refractivity (Wildman–Crippen MR) is 107 cm³/mol. The fourth-order valence-corrected chi connectivity index (χ4v) is 3.70. The normalized spacial score (nSPS) is 21.2. The highest BCUT2D eigenvalue weighted by atomic mass is 127. The van der Waals surface area contributed by atoms with Gasteiger partial charge >= 0.3 is 0 Å². The number of halogens is 1. The van der Waals surface area contributed by atoms with Crippen LogP contribution in [0.25, 0.3) is 0 Å². The summed E-state index contributed by atoms with van der Waals surface area (Å²) in [7, 11) is -1.61. The fraction of sp³-hybridized carbons (Fsp3) is 0.562. The van der Waals surface area contributed by atoms with E-state index in [1.54, 1.807) is 37.4 Å². The maximum atomic E-state index is 12.2. The van der Waals surface area contributed by atoms with Crippen LogP contribution in [0.1, 0.15) is 19.8 Å². The molecule has 1 aliphatic rings. The van der Waals surface area contributed by atoms with Gasteiger partial charge in [-0.25, -0.2) is 8.42 Å². The van der Waals surface area contributed by atoms with Crippen LogP contribution in [0.4, 0.5) is 0 Å². The Hall–Kier alpha value is -0.870. The summed E-state index contributed by atoms with van der Waals surface area (Å²) in [4.78, 5) is 4.46. The molecule has 24 heavy (non-hydrogen) atoms. The molecule has 0 bridgehead atoms. The van der Waals surface area contributed by atoms with Crippen LogP contribution in [-0.4, -0.2) is 52.5 Å². The number of guanidine groups is 1. The van der Waals surface area contributed by atoms with E-state index in [1.807, 2.05) is 0 Å². The number of hydrogen-bond acceptors (Lipinski definition) is 4. The third-order valence-electron chi connectivity index (χ3n) is 3.92. The standard InChI is InChI=1S/C16H25N3O3S.HI/c1-16(9-6-11-22-16)13-19-15(17-2)18-10-12-23(20,21)14-7-4-3-5-8-14;/h3-5,7-8H,6,9-13H2,1-2H3,(H2,17,18,19);1H. The van der Waals surface area contributed by atoms with Gasteiger partial charge in [0, 0.05) is 26.7 Å². The highest BCUT2D eigenvalue weighted by Gasteiger charge is 2.29. The van der Waals surface area contributed by atoms with Crippen molar-refractivity contribution in [2.45, 2.75) is 30.3 Å². The number of nitrogens with zero attached hydrogens (tertiary/aromatic N) is 1. The van der Waals surface area contributed by atoms with E-state index < -0.39 is 9.84 Å². The number of sulfone groups is 1. The third kappa shape index (κ3) is 6.21. The van der Waals surface area contributed by atoms with Gasteiger partial charge in [0.25, 0.3) is 0 Å². The van der Waals surface area contributed by atoms with Gasteiger partial charge in [0.1, 0.15) is 0 Å². The maximum absolute atomic E-state index is 12.2. The Kier molecular flexibility index (Phi) is 8.44. The molecule has 0 aromatic heterocycles. The molecule has 0 amide bonds. The Balaban J connectivity index is 0.00000288. The fourth-order valence-electron chi connectivity index (χ4n) is 2.52. The van der Waals surface area contributed by atoms with Crippen molar-refractivity contribution in [2.75, 3.05) is 32.5 Å². The smallest absolute Gasteiger partial charge is 0.191 e. The molecule has 1 fully saturated rings. The van der Waals surface area contributed by atoms with E-state index in [0.717, 1.165) is 19.4 Å². The van der Waals surface area contributed by atoms with Crippen LogP contribution in [0.15, 0.2) is 40.2 Å². The van der Waals surface area contributed by atoms with E-state index in [9.17, 15) is 8.42 Å². The minimum atomic E-state index is -3.28. The zero-order chi connectivity index (χ0) is 16.8. The molecule has 2 rings (SSSR count). The van der Waals surface area contributed by atoms with Crippen molar-refractivity contribution >= 4 is 39.8 Å². The molecule has 2 N–H and O–H groups in total. The molecular formula is C16H26IN3O3S. The molecule has 1 aromatic carbocycles. The van der Waals surface area contributed by atoms with Gasteiger partial charge in [-0.15, -0.1) is 24.0 Å². The van der Waals surface area contributed by atoms with Gasteiger partial charge in [0.05, 0.1) is 16.2 Å². The first-order valence-electron chi connectivity index (χ1n) is 7.81. The number of aliphatic imine (C=N–C) groups is 1. The summed E-state index contributed by atoms with van der Waals surface area (Å²) in [5.74, 6) is 0.607. The van der Waals surface area contributed by atoms with Gasteiger partial charge in [-0.1, -0.05) is 18.2 Å². The first-order valence-corrected chi connectivity index (χ1v) is 9.47. The lowest BCUT2D eigenvalue weighted by Crippen LogP contribution is -2.46. The predicted octanol–water partition coefficient (Wildman–Crippen LogP) is 1.81. The maximum Gasteiger partial charge on any atom is 0.191 e. The summed E-state index contributed by atoms with van der Waals surface area (Å²) < 4.78 is 30.1. The second kappa shape index (κ2) is 9.57. The second-order valence-corrected chi connectivity index (χ2v) is 8.00. The Morgan fingerprint density at radius 3 is 2.58 bits per heavy atom. The van der Waals surface area contributed by atoms with E-state index in [0.29, 0.717) is 23.9 Å². The molecule has 0 radical (unpaired) electrons. The number of benzene rings is 1. The molecule has 1 unspecified atom stereocenters. The quantitative estimate of drug-likeness (QED) is 0.379. The number of nitrogens with one attached hydrogen (secondary N) is 2. The number of rotatable bonds is 6. The second-order valence-electron chi connectivity index (χ2n) is 5.89. The van der Waals surface area contributed by atoms with E-state index in [4.69, 9.17) is 4.74 Å². The molecule has 0 aliphatic carbocycles. The van der Waals surface area contributed by atoms with Gasteiger partial charge in [-0.3, -0.25) is 4.99 Å². The zero-order valence-corrected chi connectivity index (χ0v) is 17.3. The molecule has 1 aliphatic heterocycles. The van der Waals surface area contributed by atoms with Crippen molar-refractivity contribution in [3.63, 3.8) is 0 Å². The summed E-state index contributed by atoms with van der Waals surface area (Å²) >= 11 is 0. The molecule has 8 heteroatoms. The van der Waals surface area contributed by atoms with Crippen molar-refractivity contribution < 1.29 is 13.2 Å². The van der Waals surface area contributed by atoms with Gasteiger partial charge in [0.2, 0.25) is 0 Å². The average molecular weight is 467 g/mol. The summed E-state index contributed by atoms with van der Waals surface area (Å²) in [5.41, 5.74) is -0.173. The molecule has 1 atom stereocenters. The van der Waals surface area contributed by atoms with Crippen LogP contribution in [0.5, 0.6) is 0 Å². The van der Waals surface area contributed by atoms with Gasteiger partial charge in [-0.05, 0) is 31.9 Å². The first kappa shape index (κ1) is 21.2. The van der Waals surface area contributed by atoms with Crippen molar-refractivity contribution in [1.29, 1.82) is 0 Å². The number of hydrogen-bond donors (Lipinski definition) is 2. The molecule has 1 heterocycles. The molecule has 0 saturated carbocycles. The minimum absolute atomic E-state index is 0. The highest BCUT2D eigenvalue weighted by molar-refractivity contribution is 14.0. The Bertz CT molecular complexity index is 629. The summed E-state index contributed by atoms with van der Waals surface area (Å²) in [5, 5.41) is 6.24. The lowest BCUT2D eigenvalue weighted by atomic mass is 10.0. The minimum Gasteiger partial charge on any atom is -0.373 e. The van der Waals surface area contributed by atoms with Crippen LogP contribution in [0.3, 0.4) is 0 Å². The summed E-state index contributed by atoms with van der Waals surface area (Å²) in [6.07, 6.45) is 2.08. The Morgan fingerprint density at radius 1 is 1.29 bits per heavy atom. The van der Waals surface area contributed by atoms with Crippen molar-refractivity contribution in [2.24, 2.45) is 4.99 Å². The van der Waals surface area contributed by atoms with Crippen LogP contribution in [0.2, 0.25) is 0 Å². The Labute approximate surface area is 161 Å². The van der Waals surface area contributed by atoms with Crippen molar-refractivity contribution in [1.82, 2.24) is 10.6 Å². The van der Waals surface area contributed by atoms with Crippen molar-refractivity contribution in [3.8, 4) is 0 Å². The van der Waals surface area contributed by atoms with E-state index in [-0.39, 0.29) is 35.3 Å². The third-order valence-corrected chi connectivity index (χ3v) is 5.65. The molecule has 6 nitrogen and oxygen atoms in total. The number of ether oxygens (including phenoxy) is 1. The van der Waals surface area contributed by atoms with E-state index in [1.165, 1.54) is 0 Å². The molecule has 1 saturated heterocycles. The van der Waals surface area contributed by atoms with Crippen LogP contribution < -0.4 is 10.6 Å². The zero-order valence-electron chi connectivity index (χ0n) is 14.1. The topological polar surface area (TPSA) is 79.8 Å². The molecular weight excluding hydrogens is 441 g/mol. The summed E-state index contributed by atoms with van der Waals surface area (Å²) in [6.45, 7) is 3.81. The van der Waals surface area contributed by atoms with Gasteiger partial charge in [-0.2, -0.15) is 0 Å². The van der Waals surface area contributed by atoms with Crippen LogP contribution >= 0.6 is 24.0 Å². The van der Waals surface area contributed by atoms with Gasteiger partial charge < -0.3 is 15.4 Å². The molecule has 0 spiro atoms. The molecule has 1 aromatic rings. The lowest BCUT2D eigenvalue weighted by molar-refractivity contribution is 0.0243. The van der Waals surface area contributed by atoms with Gasteiger partial charge in [0.15, 0.2) is 15.8 Å². The molecule has 136 valence electrons. The first-order chi connectivity index (χ1) is 11.0. The Morgan fingerprint density at radius 2 is 2.00 bits per heavy atom. The van der Waals surface area contributed by atoms with E-state index in [2.05, 4.69) is 22.5 Å². The van der Waals surface area contributed by atoms with Crippen molar-refractivity contribution in [3.05, 3.63) is 30.3 Å². The SMILES string of the molecule is CN=C(NCCS(=O)(=O)c1ccccc1)NCC1(C)CCCO1.I. The highest BCUT2D eigenvalue weighted by Crippen LogP contribution is 2.23. The average Bonchev–Trinajstić information content (AvgIpc) is 2.98. The summed E-state index contributed by atoms with van der Waals surface area (Å²) in [6, 6.07) is 8.47. The van der Waals surface area contributed by atoms with E-state index >= 15 is 0 Å².